The molecule has 0 aliphatic carbocycles. The first kappa shape index (κ1) is 13.7. The number of nitrogens with two attached hydrogens (primary N) is 1. The number of carbonyl (C=O) groups excluding carboxylic acids is 1. The molecule has 1 aromatic carbocycles. The van der Waals surface area contributed by atoms with Crippen molar-refractivity contribution in [3.63, 3.8) is 0 Å². The monoisotopic (exact) mass is 234 g/mol. The number of nitrogens with zero attached hydrogens (tertiary/aromatic N) is 1. The van der Waals surface area contributed by atoms with Gasteiger partial charge in [0.15, 0.2) is 0 Å². The van der Waals surface area contributed by atoms with Gasteiger partial charge in [0.2, 0.25) is 5.91 Å². The number of benzene rings is 1. The fourth-order valence-electron chi connectivity index (χ4n) is 1.95. The van der Waals surface area contributed by atoms with Crippen molar-refractivity contribution >= 4 is 11.6 Å². The van der Waals surface area contributed by atoms with Gasteiger partial charge in [-0.3, -0.25) is 4.79 Å². The highest BCUT2D eigenvalue weighted by Gasteiger charge is 2.18. The zero-order chi connectivity index (χ0) is 13.0. The molecule has 0 heterocycles. The van der Waals surface area contributed by atoms with Crippen molar-refractivity contribution in [2.75, 3.05) is 11.9 Å². The topological polar surface area (TPSA) is 46.3 Å². The van der Waals surface area contributed by atoms with E-state index in [4.69, 9.17) is 5.73 Å². The first-order valence-corrected chi connectivity index (χ1v) is 6.07. The van der Waals surface area contributed by atoms with Gasteiger partial charge in [0.05, 0.1) is 6.04 Å². The molecular formula is C14H22N2O. The highest BCUT2D eigenvalue weighted by Crippen LogP contribution is 2.18. The van der Waals surface area contributed by atoms with E-state index in [1.165, 1.54) is 0 Å². The summed E-state index contributed by atoms with van der Waals surface area (Å²) < 4.78 is 0. The molecule has 0 bridgehead atoms. The second-order valence-corrected chi connectivity index (χ2v) is 4.64. The van der Waals surface area contributed by atoms with Crippen molar-refractivity contribution in [2.24, 2.45) is 5.73 Å². The van der Waals surface area contributed by atoms with Crippen LogP contribution in [0.15, 0.2) is 18.2 Å². The molecule has 2 N–H and O–H groups in total. The number of rotatable bonds is 4. The van der Waals surface area contributed by atoms with E-state index in [0.29, 0.717) is 0 Å². The fourth-order valence-corrected chi connectivity index (χ4v) is 1.95. The van der Waals surface area contributed by atoms with Crippen molar-refractivity contribution in [3.05, 3.63) is 29.3 Å². The van der Waals surface area contributed by atoms with Crippen LogP contribution in [-0.4, -0.2) is 19.0 Å². The molecule has 0 radical (unpaired) electrons. The van der Waals surface area contributed by atoms with Gasteiger partial charge in [-0.2, -0.15) is 0 Å². The van der Waals surface area contributed by atoms with Crippen LogP contribution in [0.1, 0.15) is 30.9 Å². The number of hydrogen-bond acceptors (Lipinski definition) is 2. The highest BCUT2D eigenvalue weighted by molar-refractivity contribution is 5.96. The molecule has 0 saturated heterocycles. The molecule has 0 aromatic heterocycles. The van der Waals surface area contributed by atoms with Gasteiger partial charge in [0.1, 0.15) is 0 Å². The molecule has 1 aromatic rings. The summed E-state index contributed by atoms with van der Waals surface area (Å²) >= 11 is 0. The maximum Gasteiger partial charge on any atom is 0.243 e. The SMILES string of the molecule is CCC[C@H](N)C(=O)N(C)c1cc(C)cc(C)c1. The van der Waals surface area contributed by atoms with Gasteiger partial charge < -0.3 is 10.6 Å². The minimum absolute atomic E-state index is 0.0168. The predicted molar refractivity (Wildman–Crippen MR) is 72.2 cm³/mol. The molecule has 3 heteroatoms. The van der Waals surface area contributed by atoms with Gasteiger partial charge in [0, 0.05) is 12.7 Å². The summed E-state index contributed by atoms with van der Waals surface area (Å²) in [5.74, 6) is -0.0168. The molecule has 1 amide bonds. The third-order valence-corrected chi connectivity index (χ3v) is 2.84. The normalized spacial score (nSPS) is 12.3. The van der Waals surface area contributed by atoms with E-state index in [0.717, 1.165) is 29.7 Å². The summed E-state index contributed by atoms with van der Waals surface area (Å²) in [6.07, 6.45) is 1.65. The third-order valence-electron chi connectivity index (χ3n) is 2.84. The van der Waals surface area contributed by atoms with E-state index in [1.807, 2.05) is 32.9 Å². The Bertz CT molecular complexity index is 381. The Balaban J connectivity index is 2.88. The predicted octanol–water partition coefficient (Wildman–Crippen LogP) is 2.39. The lowest BCUT2D eigenvalue weighted by molar-refractivity contribution is -0.119. The smallest absolute Gasteiger partial charge is 0.243 e. The van der Waals surface area contributed by atoms with Crippen LogP contribution in [0.25, 0.3) is 0 Å². The van der Waals surface area contributed by atoms with Crippen LogP contribution in [0.2, 0.25) is 0 Å². The standard InChI is InChI=1S/C14H22N2O/c1-5-6-13(15)14(17)16(4)12-8-10(2)7-11(3)9-12/h7-9,13H,5-6,15H2,1-4H3/t13-/m0/s1. The Hall–Kier alpha value is -1.35. The van der Waals surface area contributed by atoms with Crippen molar-refractivity contribution in [1.82, 2.24) is 0 Å². The average molecular weight is 234 g/mol. The summed E-state index contributed by atoms with van der Waals surface area (Å²) in [6, 6.07) is 5.70. The van der Waals surface area contributed by atoms with Crippen LogP contribution in [-0.2, 0) is 4.79 Å². The lowest BCUT2D eigenvalue weighted by atomic mass is 10.1. The van der Waals surface area contributed by atoms with E-state index in [9.17, 15) is 4.79 Å². The van der Waals surface area contributed by atoms with Gasteiger partial charge in [-0.25, -0.2) is 0 Å². The number of likely N-dealkylation sites (N-methyl/N-ethyl adjacent to an activating group) is 1. The summed E-state index contributed by atoms with van der Waals surface area (Å²) in [4.78, 5) is 13.7. The summed E-state index contributed by atoms with van der Waals surface area (Å²) in [5, 5.41) is 0. The Morgan fingerprint density at radius 1 is 1.29 bits per heavy atom. The van der Waals surface area contributed by atoms with E-state index < -0.39 is 6.04 Å². The zero-order valence-corrected chi connectivity index (χ0v) is 11.2. The minimum atomic E-state index is -0.397. The highest BCUT2D eigenvalue weighted by atomic mass is 16.2. The van der Waals surface area contributed by atoms with Crippen molar-refractivity contribution in [2.45, 2.75) is 39.7 Å². The molecule has 0 fully saturated rings. The fraction of sp³-hybridized carbons (Fsp3) is 0.500. The minimum Gasteiger partial charge on any atom is -0.320 e. The van der Waals surface area contributed by atoms with Crippen molar-refractivity contribution < 1.29 is 4.79 Å². The van der Waals surface area contributed by atoms with Crippen LogP contribution < -0.4 is 10.6 Å². The number of amides is 1. The number of hydrogen-bond donors (Lipinski definition) is 1. The molecule has 0 aliphatic heterocycles. The molecular weight excluding hydrogens is 212 g/mol. The zero-order valence-electron chi connectivity index (χ0n) is 11.2. The van der Waals surface area contributed by atoms with E-state index in [-0.39, 0.29) is 5.91 Å². The van der Waals surface area contributed by atoms with Crippen LogP contribution in [0.4, 0.5) is 5.69 Å². The molecule has 94 valence electrons. The molecule has 1 rings (SSSR count). The van der Waals surface area contributed by atoms with Crippen LogP contribution in [0.3, 0.4) is 0 Å². The molecule has 0 saturated carbocycles. The number of anilines is 1. The van der Waals surface area contributed by atoms with Crippen LogP contribution in [0, 0.1) is 13.8 Å². The van der Waals surface area contributed by atoms with Gasteiger partial charge >= 0.3 is 0 Å². The second-order valence-electron chi connectivity index (χ2n) is 4.64. The summed E-state index contributed by atoms with van der Waals surface area (Å²) in [6.45, 7) is 6.09. The molecule has 3 nitrogen and oxygen atoms in total. The second kappa shape index (κ2) is 5.82. The molecule has 0 spiro atoms. The van der Waals surface area contributed by atoms with Crippen molar-refractivity contribution in [1.29, 1.82) is 0 Å². The van der Waals surface area contributed by atoms with Crippen LogP contribution in [0.5, 0.6) is 0 Å². The average Bonchev–Trinajstić information content (AvgIpc) is 2.26. The molecule has 1 atom stereocenters. The van der Waals surface area contributed by atoms with Gasteiger partial charge in [0.25, 0.3) is 0 Å². The summed E-state index contributed by atoms with van der Waals surface area (Å²) in [7, 11) is 1.78. The lowest BCUT2D eigenvalue weighted by Gasteiger charge is -2.22. The Morgan fingerprint density at radius 2 is 1.82 bits per heavy atom. The van der Waals surface area contributed by atoms with Gasteiger partial charge in [-0.05, 0) is 43.5 Å². The molecule has 17 heavy (non-hydrogen) atoms. The van der Waals surface area contributed by atoms with E-state index in [1.54, 1.807) is 11.9 Å². The first-order valence-electron chi connectivity index (χ1n) is 6.07. The van der Waals surface area contributed by atoms with E-state index >= 15 is 0 Å². The Labute approximate surface area is 104 Å². The van der Waals surface area contributed by atoms with Gasteiger partial charge in [-0.1, -0.05) is 19.4 Å². The number of aryl methyl sites for hydroxylation is 2. The summed E-state index contributed by atoms with van der Waals surface area (Å²) in [5.41, 5.74) is 9.08. The van der Waals surface area contributed by atoms with Crippen LogP contribution >= 0.6 is 0 Å². The molecule has 0 unspecified atom stereocenters. The first-order chi connectivity index (χ1) is 7.95. The van der Waals surface area contributed by atoms with Crippen molar-refractivity contribution in [3.8, 4) is 0 Å². The largest absolute Gasteiger partial charge is 0.320 e. The maximum absolute atomic E-state index is 12.1. The number of carbonyl (C=O) groups is 1. The van der Waals surface area contributed by atoms with Gasteiger partial charge in [-0.15, -0.1) is 0 Å². The Kier molecular flexibility index (Phi) is 4.70. The quantitative estimate of drug-likeness (QED) is 0.869. The Morgan fingerprint density at radius 3 is 2.29 bits per heavy atom. The maximum atomic E-state index is 12.1. The lowest BCUT2D eigenvalue weighted by Crippen LogP contribution is -2.41. The third kappa shape index (κ3) is 3.56. The molecule has 0 aliphatic rings. The van der Waals surface area contributed by atoms with E-state index in [2.05, 4.69) is 6.07 Å².